The molecule has 0 radical (unpaired) electrons. The van der Waals surface area contributed by atoms with Crippen LogP contribution in [0.1, 0.15) is 171 Å². The fourth-order valence-corrected chi connectivity index (χ4v) is 6.57. The predicted octanol–water partition coefficient (Wildman–Crippen LogP) is 13.0. The molecule has 2 atom stereocenters. The largest absolute Gasteiger partial charge is 0.462 e. The van der Waals surface area contributed by atoms with Crippen LogP contribution in [-0.2, 0) is 16.5 Å². The van der Waals surface area contributed by atoms with Crippen molar-refractivity contribution in [2.75, 3.05) is 6.61 Å². The highest BCUT2D eigenvalue weighted by molar-refractivity contribution is 5.99. The van der Waals surface area contributed by atoms with Crippen molar-refractivity contribution in [1.82, 2.24) is 19.7 Å². The predicted molar refractivity (Wildman–Crippen MR) is 220 cm³/mol. The number of halogens is 4. The number of ketones is 1. The Hall–Kier alpha value is -4.40. The van der Waals surface area contributed by atoms with E-state index in [9.17, 15) is 32.4 Å². The molecule has 3 heterocycles. The Balaban J connectivity index is 0.000000488. The van der Waals surface area contributed by atoms with Crippen molar-refractivity contribution in [2.24, 2.45) is 17.8 Å². The topological polar surface area (TPSA) is 111 Å². The minimum atomic E-state index is -4.89. The number of pyridine rings is 2. The lowest BCUT2D eigenvalue weighted by Crippen LogP contribution is -2.32. The number of hydrogen-bond acceptors (Lipinski definition) is 7. The van der Waals surface area contributed by atoms with Gasteiger partial charge in [-0.05, 0) is 57.4 Å². The molecule has 0 aliphatic carbocycles. The van der Waals surface area contributed by atoms with E-state index in [0.29, 0.717) is 25.0 Å². The Morgan fingerprint density at radius 1 is 0.947 bits per heavy atom. The Morgan fingerprint density at radius 2 is 1.58 bits per heavy atom. The summed E-state index contributed by atoms with van der Waals surface area (Å²) in [6.07, 6.45) is 15.4. The van der Waals surface area contributed by atoms with Crippen LogP contribution in [-0.4, -0.2) is 38.1 Å². The molecule has 0 saturated carbocycles. The highest BCUT2D eigenvalue weighted by Crippen LogP contribution is 2.35. The van der Waals surface area contributed by atoms with E-state index in [1.165, 1.54) is 39.0 Å². The average molecular weight is 800 g/mol. The third-order valence-corrected chi connectivity index (χ3v) is 10.7. The first-order chi connectivity index (χ1) is 27.0. The number of rotatable bonds is 18. The summed E-state index contributed by atoms with van der Waals surface area (Å²) in [5.41, 5.74) is 1.16. The van der Waals surface area contributed by atoms with Gasteiger partial charge in [0.25, 0.3) is 0 Å². The van der Waals surface area contributed by atoms with Gasteiger partial charge in [-0.1, -0.05) is 107 Å². The van der Waals surface area contributed by atoms with Crippen LogP contribution in [0.3, 0.4) is 0 Å². The van der Waals surface area contributed by atoms with Gasteiger partial charge in [-0.25, -0.2) is 14.2 Å². The molecule has 0 spiro atoms. The summed E-state index contributed by atoms with van der Waals surface area (Å²) in [5.74, 6) is -1.22. The zero-order chi connectivity index (χ0) is 43.3. The number of ether oxygens (including phenoxy) is 1. The van der Waals surface area contributed by atoms with Crippen LogP contribution >= 0.6 is 0 Å². The number of nitrogens with zero attached hydrogens (tertiary/aromatic N) is 5. The van der Waals surface area contributed by atoms with Gasteiger partial charge >= 0.3 is 12.1 Å². The lowest BCUT2D eigenvalue weighted by molar-refractivity contribution is -0.143. The third kappa shape index (κ3) is 14.2. The van der Waals surface area contributed by atoms with E-state index in [-0.39, 0.29) is 5.54 Å². The van der Waals surface area contributed by atoms with E-state index in [2.05, 4.69) is 69.6 Å². The van der Waals surface area contributed by atoms with Gasteiger partial charge in [0.05, 0.1) is 42.0 Å². The van der Waals surface area contributed by atoms with Crippen LogP contribution in [0, 0.1) is 41.8 Å². The second-order valence-corrected chi connectivity index (χ2v) is 14.4. The lowest BCUT2D eigenvalue weighted by atomic mass is 9.85. The highest BCUT2D eigenvalue weighted by atomic mass is 19.4. The number of hydrogen-bond donors (Lipinski definition) is 0. The molecule has 0 amide bonds. The Bertz CT molecular complexity index is 1750. The molecule has 0 aromatic carbocycles. The molecule has 0 bridgehead atoms. The number of nitriles is 1. The highest BCUT2D eigenvalue weighted by Gasteiger charge is 2.38. The van der Waals surface area contributed by atoms with Gasteiger partial charge < -0.3 is 4.74 Å². The molecule has 0 saturated heterocycles. The molecule has 12 heteroatoms. The number of Topliss-reactive ketones (excluding diaryl/α,β-unsaturated/α-hetero) is 1. The third-order valence-electron chi connectivity index (χ3n) is 10.7. The van der Waals surface area contributed by atoms with Crippen LogP contribution in [0.5, 0.6) is 0 Å². The molecule has 0 aliphatic heterocycles. The van der Waals surface area contributed by atoms with E-state index in [1.54, 1.807) is 26.2 Å². The van der Waals surface area contributed by atoms with E-state index >= 15 is 0 Å². The maximum atomic E-state index is 13.5. The lowest BCUT2D eigenvalue weighted by Gasteiger charge is -2.29. The van der Waals surface area contributed by atoms with Crippen molar-refractivity contribution < 1.29 is 31.9 Å². The molecule has 57 heavy (non-hydrogen) atoms. The van der Waals surface area contributed by atoms with Crippen LogP contribution in [0.25, 0.3) is 17.2 Å². The Labute approximate surface area is 338 Å². The first-order valence-corrected chi connectivity index (χ1v) is 20.5. The minimum absolute atomic E-state index is 0.294. The number of alkyl halides is 3. The first kappa shape index (κ1) is 50.6. The molecule has 0 fully saturated rings. The fourth-order valence-electron chi connectivity index (χ4n) is 6.57. The number of carbonyl (C=O) groups is 2. The average Bonchev–Trinajstić information content (AvgIpc) is 3.69. The summed E-state index contributed by atoms with van der Waals surface area (Å²) < 4.78 is 57.7. The van der Waals surface area contributed by atoms with E-state index in [4.69, 9.17) is 4.74 Å². The zero-order valence-corrected chi connectivity index (χ0v) is 36.0. The van der Waals surface area contributed by atoms with Gasteiger partial charge in [-0.3, -0.25) is 14.5 Å². The molecular weight excluding hydrogens is 735 g/mol. The van der Waals surface area contributed by atoms with Gasteiger partial charge in [-0.15, -0.1) is 0 Å². The number of aryl methyl sites for hydroxylation is 1. The zero-order valence-electron chi connectivity index (χ0n) is 36.0. The van der Waals surface area contributed by atoms with Crippen molar-refractivity contribution in [1.29, 1.82) is 5.26 Å². The normalized spacial score (nSPS) is 12.6. The molecule has 3 aromatic rings. The molecule has 316 valence electrons. The smallest absolute Gasteiger partial charge is 0.436 e. The maximum Gasteiger partial charge on any atom is 0.436 e. The summed E-state index contributed by atoms with van der Waals surface area (Å²) in [7, 11) is 0. The van der Waals surface area contributed by atoms with Crippen molar-refractivity contribution in [2.45, 2.75) is 152 Å². The van der Waals surface area contributed by atoms with Crippen LogP contribution in [0.4, 0.5) is 17.6 Å². The summed E-state index contributed by atoms with van der Waals surface area (Å²) in [4.78, 5) is 31.6. The van der Waals surface area contributed by atoms with Crippen molar-refractivity contribution in [3.05, 3.63) is 70.8 Å². The molecule has 8 nitrogen and oxygen atoms in total. The van der Waals surface area contributed by atoms with Crippen LogP contribution < -0.4 is 0 Å². The monoisotopic (exact) mass is 800 g/mol. The summed E-state index contributed by atoms with van der Waals surface area (Å²) in [5, 5.41) is 13.9. The number of esters is 1. The van der Waals surface area contributed by atoms with Crippen molar-refractivity contribution >= 4 is 17.8 Å². The molecule has 3 rings (SSSR count). The summed E-state index contributed by atoms with van der Waals surface area (Å²) in [6, 6.07) is 3.27. The van der Waals surface area contributed by atoms with E-state index in [1.807, 2.05) is 30.0 Å². The standard InChI is InChI=1S/C23H30N4O2.C11H11F4NO.C11H24/c1-6-10-11-19-17(5)25-15-20(22(28)29-9-4)21(19)18-14-26-27(16-18)23(7-2,8-3)12-13-24;1-3-6(2)9(17)7-4-5-16-10(8(7)12)11(13,14)15;1-5-8-11(9-6-2)10(4)7-3/h10-11,14-16H,6-9,12H2,1-5H3;4-6H,3H2,1-2H3;10-11H,5-9H2,1-4H3/b11-10-;;. The molecule has 0 N–H and O–H groups in total. The second-order valence-electron chi connectivity index (χ2n) is 14.4. The van der Waals surface area contributed by atoms with Crippen molar-refractivity contribution in [3.8, 4) is 17.2 Å². The van der Waals surface area contributed by atoms with Gasteiger partial charge in [0.15, 0.2) is 17.3 Å². The van der Waals surface area contributed by atoms with Crippen molar-refractivity contribution in [3.63, 3.8) is 0 Å². The minimum Gasteiger partial charge on any atom is -0.462 e. The Kier molecular flexibility index (Phi) is 22.3. The van der Waals surface area contributed by atoms with Gasteiger partial charge in [0.1, 0.15) is 0 Å². The SMILES string of the molecule is CC/C=C\c1c(C)ncc(C(=O)OCC)c1-c1cnn(C(CC)(CC)CC#N)c1.CCC(C)C(=O)c1ccnc(C(F)(F)F)c1F.CCCC(CCC)C(C)CC. The maximum absolute atomic E-state index is 13.5. The number of allylic oxidation sites excluding steroid dienone is 1. The van der Waals surface area contributed by atoms with Crippen LogP contribution in [0.2, 0.25) is 0 Å². The number of carbonyl (C=O) groups excluding carboxylic acids is 2. The second kappa shape index (κ2) is 25.1. The quantitative estimate of drug-likeness (QED) is 0.0715. The van der Waals surface area contributed by atoms with Gasteiger partial charge in [0, 0.05) is 46.9 Å². The molecule has 3 aromatic heterocycles. The van der Waals surface area contributed by atoms with Gasteiger partial charge in [-0.2, -0.15) is 23.5 Å². The van der Waals surface area contributed by atoms with E-state index < -0.39 is 40.9 Å². The number of aromatic nitrogens is 4. The summed E-state index contributed by atoms with van der Waals surface area (Å²) in [6.45, 7) is 22.7. The summed E-state index contributed by atoms with van der Waals surface area (Å²) >= 11 is 0. The molecular formula is C45H65F4N5O3. The first-order valence-electron chi connectivity index (χ1n) is 20.5. The molecule has 0 aliphatic rings. The van der Waals surface area contributed by atoms with E-state index in [0.717, 1.165) is 65.7 Å². The van der Waals surface area contributed by atoms with Crippen LogP contribution in [0.15, 0.2) is 36.9 Å². The van der Waals surface area contributed by atoms with Gasteiger partial charge in [0.2, 0.25) is 0 Å². The fraction of sp³-hybridized carbons (Fsp3) is 0.600. The Morgan fingerprint density at radius 3 is 2.07 bits per heavy atom. The molecule has 2 unspecified atom stereocenters.